The number of carbonyl (C=O) groups excluding carboxylic acids is 3. The number of hydrogen-bond acceptors (Lipinski definition) is 3. The highest BCUT2D eigenvalue weighted by Gasteiger charge is 2.34. The Morgan fingerprint density at radius 3 is 2.27 bits per heavy atom. The molecule has 3 rings (SSSR count). The van der Waals surface area contributed by atoms with E-state index >= 15 is 0 Å². The van der Waals surface area contributed by atoms with Crippen molar-refractivity contribution in [2.75, 3.05) is 0 Å². The van der Waals surface area contributed by atoms with Gasteiger partial charge in [-0.3, -0.25) is 14.4 Å². The maximum absolute atomic E-state index is 13.4. The molecule has 1 aliphatic rings. The van der Waals surface area contributed by atoms with Gasteiger partial charge in [0, 0.05) is 17.9 Å². The highest BCUT2D eigenvalue weighted by atomic mass is 16.1. The van der Waals surface area contributed by atoms with Gasteiger partial charge in [-0.15, -0.1) is 0 Å². The van der Waals surface area contributed by atoms with Crippen LogP contribution in [0.1, 0.15) is 107 Å². The van der Waals surface area contributed by atoms with Crippen LogP contribution in [0.15, 0.2) is 36.4 Å². The number of rotatable bonds is 13. The van der Waals surface area contributed by atoms with Gasteiger partial charge in [-0.1, -0.05) is 76.9 Å². The summed E-state index contributed by atoms with van der Waals surface area (Å²) in [5.41, 5.74) is 6.84. The van der Waals surface area contributed by atoms with E-state index in [9.17, 15) is 14.4 Å². The molecular formula is C34H46O3. The summed E-state index contributed by atoms with van der Waals surface area (Å²) < 4.78 is 0. The Bertz CT molecular complexity index is 1090. The number of aryl methyl sites for hydroxylation is 2. The Morgan fingerprint density at radius 2 is 1.68 bits per heavy atom. The van der Waals surface area contributed by atoms with Crippen molar-refractivity contribution in [2.45, 2.75) is 99.3 Å². The monoisotopic (exact) mass is 502 g/mol. The zero-order chi connectivity index (χ0) is 27.1. The van der Waals surface area contributed by atoms with Gasteiger partial charge in [0.2, 0.25) is 0 Å². The summed E-state index contributed by atoms with van der Waals surface area (Å²) in [5.74, 6) is 1.28. The van der Waals surface area contributed by atoms with E-state index in [2.05, 4.69) is 64.1 Å². The SMILES string of the molecule is CCCC(CC1CC(=O)c2c(C)ccc(-c3ccc(CCC(C)C)cc3)c2C1)C(CC)C(=O)CC(C)=O. The lowest BCUT2D eigenvalue weighted by Crippen LogP contribution is -2.30. The van der Waals surface area contributed by atoms with Crippen molar-refractivity contribution >= 4 is 17.3 Å². The van der Waals surface area contributed by atoms with Crippen LogP contribution in [0.2, 0.25) is 0 Å². The first-order valence-corrected chi connectivity index (χ1v) is 14.4. The van der Waals surface area contributed by atoms with Crippen LogP contribution in [-0.2, 0) is 22.4 Å². The molecule has 0 N–H and O–H groups in total. The van der Waals surface area contributed by atoms with Crippen LogP contribution >= 0.6 is 0 Å². The third-order valence-electron chi connectivity index (χ3n) is 8.18. The number of hydrogen-bond donors (Lipinski definition) is 0. The second-order valence-corrected chi connectivity index (χ2v) is 11.8. The number of benzene rings is 2. The molecule has 1 aliphatic carbocycles. The van der Waals surface area contributed by atoms with Gasteiger partial charge in [0.1, 0.15) is 11.6 Å². The van der Waals surface area contributed by atoms with Gasteiger partial charge >= 0.3 is 0 Å². The second kappa shape index (κ2) is 13.3. The summed E-state index contributed by atoms with van der Waals surface area (Å²) in [4.78, 5) is 38.0. The molecule has 0 saturated carbocycles. The average molecular weight is 503 g/mol. The Labute approximate surface area is 224 Å². The number of carbonyl (C=O) groups is 3. The Kier molecular flexibility index (Phi) is 10.4. The van der Waals surface area contributed by atoms with E-state index in [0.717, 1.165) is 49.7 Å². The lowest BCUT2D eigenvalue weighted by atomic mass is 9.71. The largest absolute Gasteiger partial charge is 0.300 e. The predicted octanol–water partition coefficient (Wildman–Crippen LogP) is 8.38. The lowest BCUT2D eigenvalue weighted by Gasteiger charge is -2.32. The molecule has 0 radical (unpaired) electrons. The fourth-order valence-corrected chi connectivity index (χ4v) is 6.32. The fourth-order valence-electron chi connectivity index (χ4n) is 6.32. The summed E-state index contributed by atoms with van der Waals surface area (Å²) in [5, 5.41) is 0. The smallest absolute Gasteiger partial charge is 0.163 e. The molecule has 3 nitrogen and oxygen atoms in total. The topological polar surface area (TPSA) is 51.2 Å². The van der Waals surface area contributed by atoms with Crippen LogP contribution in [-0.4, -0.2) is 17.3 Å². The predicted molar refractivity (Wildman–Crippen MR) is 153 cm³/mol. The van der Waals surface area contributed by atoms with Crippen molar-refractivity contribution in [3.63, 3.8) is 0 Å². The molecule has 0 bridgehead atoms. The maximum Gasteiger partial charge on any atom is 0.163 e. The molecule has 3 atom stereocenters. The zero-order valence-corrected chi connectivity index (χ0v) is 23.9. The van der Waals surface area contributed by atoms with Crippen molar-refractivity contribution in [1.29, 1.82) is 0 Å². The van der Waals surface area contributed by atoms with Crippen LogP contribution in [0.3, 0.4) is 0 Å². The average Bonchev–Trinajstić information content (AvgIpc) is 2.83. The minimum Gasteiger partial charge on any atom is -0.300 e. The van der Waals surface area contributed by atoms with Crippen molar-refractivity contribution in [3.05, 3.63) is 58.7 Å². The third kappa shape index (κ3) is 7.49. The van der Waals surface area contributed by atoms with Crippen LogP contribution < -0.4 is 0 Å². The quantitative estimate of drug-likeness (QED) is 0.258. The van der Waals surface area contributed by atoms with E-state index in [0.29, 0.717) is 12.3 Å². The Hall–Kier alpha value is -2.55. The molecule has 37 heavy (non-hydrogen) atoms. The molecular weight excluding hydrogens is 456 g/mol. The van der Waals surface area contributed by atoms with E-state index in [4.69, 9.17) is 0 Å². The first-order chi connectivity index (χ1) is 17.6. The van der Waals surface area contributed by atoms with Crippen LogP contribution in [0.5, 0.6) is 0 Å². The molecule has 2 aromatic carbocycles. The van der Waals surface area contributed by atoms with E-state index in [1.165, 1.54) is 35.6 Å². The molecule has 2 aromatic rings. The highest BCUT2D eigenvalue weighted by molar-refractivity contribution is 6.02. The van der Waals surface area contributed by atoms with E-state index in [1.807, 2.05) is 6.92 Å². The van der Waals surface area contributed by atoms with Crippen molar-refractivity contribution in [3.8, 4) is 11.1 Å². The van der Waals surface area contributed by atoms with Crippen molar-refractivity contribution in [1.82, 2.24) is 0 Å². The Balaban J connectivity index is 1.88. The van der Waals surface area contributed by atoms with Gasteiger partial charge in [-0.2, -0.15) is 0 Å². The van der Waals surface area contributed by atoms with Crippen molar-refractivity contribution < 1.29 is 14.4 Å². The minimum absolute atomic E-state index is 0.0294. The molecule has 3 unspecified atom stereocenters. The maximum atomic E-state index is 13.4. The first kappa shape index (κ1) is 29.0. The zero-order valence-electron chi connectivity index (χ0n) is 23.9. The van der Waals surface area contributed by atoms with E-state index in [-0.39, 0.29) is 41.5 Å². The van der Waals surface area contributed by atoms with E-state index < -0.39 is 0 Å². The molecule has 0 heterocycles. The summed E-state index contributed by atoms with van der Waals surface area (Å²) in [6.07, 6.45) is 7.28. The van der Waals surface area contributed by atoms with Crippen molar-refractivity contribution in [2.24, 2.45) is 23.7 Å². The molecule has 0 spiro atoms. The number of Topliss-reactive ketones (excluding diaryl/α,β-unsaturated/α-hetero) is 3. The minimum atomic E-state index is -0.101. The molecule has 0 aliphatic heterocycles. The molecule has 0 saturated heterocycles. The molecule has 0 amide bonds. The van der Waals surface area contributed by atoms with Crippen LogP contribution in [0.4, 0.5) is 0 Å². The van der Waals surface area contributed by atoms with Gasteiger partial charge in [0.25, 0.3) is 0 Å². The second-order valence-electron chi connectivity index (χ2n) is 11.8. The summed E-state index contributed by atoms with van der Waals surface area (Å²) in [6, 6.07) is 13.2. The summed E-state index contributed by atoms with van der Waals surface area (Å²) in [7, 11) is 0. The van der Waals surface area contributed by atoms with Crippen LogP contribution in [0, 0.1) is 30.6 Å². The van der Waals surface area contributed by atoms with Gasteiger partial charge in [-0.25, -0.2) is 0 Å². The molecule has 3 heteroatoms. The number of ketones is 3. The summed E-state index contributed by atoms with van der Waals surface area (Å²) >= 11 is 0. The Morgan fingerprint density at radius 1 is 0.973 bits per heavy atom. The first-order valence-electron chi connectivity index (χ1n) is 14.4. The summed E-state index contributed by atoms with van der Waals surface area (Å²) in [6.45, 7) is 12.3. The number of fused-ring (bicyclic) bond motifs is 1. The molecule has 0 fully saturated rings. The van der Waals surface area contributed by atoms with E-state index in [1.54, 1.807) is 0 Å². The van der Waals surface area contributed by atoms with Gasteiger partial charge in [-0.05, 0) is 91.5 Å². The third-order valence-corrected chi connectivity index (χ3v) is 8.18. The highest BCUT2D eigenvalue weighted by Crippen LogP contribution is 2.40. The van der Waals surface area contributed by atoms with Gasteiger partial charge < -0.3 is 0 Å². The van der Waals surface area contributed by atoms with Gasteiger partial charge in [0.15, 0.2) is 5.78 Å². The standard InChI is InChI=1S/C34H46O3/c1-7-9-28(29(8-2)32(36)18-24(6)35)19-26-20-31-30(17-11-23(5)34(31)33(37)21-26)27-15-13-25(14-16-27)12-10-22(3)4/h11,13-17,22,26,28-29H,7-10,12,18-21H2,1-6H3. The fraction of sp³-hybridized carbons (Fsp3) is 0.559. The lowest BCUT2D eigenvalue weighted by molar-refractivity contribution is -0.129. The van der Waals surface area contributed by atoms with Crippen LogP contribution in [0.25, 0.3) is 11.1 Å². The van der Waals surface area contributed by atoms with Gasteiger partial charge in [0.05, 0.1) is 6.42 Å². The molecule has 0 aromatic heterocycles. The molecule has 200 valence electrons. The normalized spacial score (nSPS) is 16.9.